The van der Waals surface area contributed by atoms with Crippen LogP contribution in [0.5, 0.6) is 0 Å². The maximum absolute atomic E-state index is 12.3. The quantitative estimate of drug-likeness (QED) is 0.890. The predicted octanol–water partition coefficient (Wildman–Crippen LogP) is 2.66. The summed E-state index contributed by atoms with van der Waals surface area (Å²) in [4.78, 5) is 12.3. The SMILES string of the molecule is COCC(C)NC(=O)c1c(C)nn(Cc2ccccc2)c1Cl. The van der Waals surface area contributed by atoms with Gasteiger partial charge in [-0.25, -0.2) is 4.68 Å². The molecule has 0 spiro atoms. The van der Waals surface area contributed by atoms with Gasteiger partial charge in [0.2, 0.25) is 0 Å². The van der Waals surface area contributed by atoms with Gasteiger partial charge in [0.25, 0.3) is 5.91 Å². The lowest BCUT2D eigenvalue weighted by Gasteiger charge is -2.12. The molecule has 0 radical (unpaired) electrons. The Bertz CT molecular complexity index is 640. The van der Waals surface area contributed by atoms with E-state index >= 15 is 0 Å². The van der Waals surface area contributed by atoms with E-state index < -0.39 is 0 Å². The van der Waals surface area contributed by atoms with Crippen LogP contribution < -0.4 is 5.32 Å². The zero-order chi connectivity index (χ0) is 16.1. The number of hydrogen-bond donors (Lipinski definition) is 1. The van der Waals surface area contributed by atoms with Crippen LogP contribution in [0.4, 0.5) is 0 Å². The molecule has 22 heavy (non-hydrogen) atoms. The molecule has 1 aromatic heterocycles. The molecule has 1 aromatic carbocycles. The molecule has 0 saturated heterocycles. The third kappa shape index (κ3) is 3.87. The van der Waals surface area contributed by atoms with Gasteiger partial charge in [0.1, 0.15) is 5.15 Å². The van der Waals surface area contributed by atoms with E-state index in [9.17, 15) is 4.79 Å². The van der Waals surface area contributed by atoms with Crippen LogP contribution >= 0.6 is 11.6 Å². The molecule has 0 saturated carbocycles. The average Bonchev–Trinajstić information content (AvgIpc) is 2.74. The first-order chi connectivity index (χ1) is 10.5. The third-order valence-electron chi connectivity index (χ3n) is 3.26. The van der Waals surface area contributed by atoms with Gasteiger partial charge in [0.15, 0.2) is 0 Å². The average molecular weight is 322 g/mol. The molecule has 1 unspecified atom stereocenters. The number of hydrogen-bond acceptors (Lipinski definition) is 3. The summed E-state index contributed by atoms with van der Waals surface area (Å²) in [5, 5.41) is 7.58. The van der Waals surface area contributed by atoms with Crippen LogP contribution in [0, 0.1) is 6.92 Å². The van der Waals surface area contributed by atoms with Crippen molar-refractivity contribution in [3.05, 3.63) is 52.3 Å². The van der Waals surface area contributed by atoms with Gasteiger partial charge in [-0.2, -0.15) is 5.10 Å². The number of nitrogens with zero attached hydrogens (tertiary/aromatic N) is 2. The lowest BCUT2D eigenvalue weighted by atomic mass is 10.2. The molecule has 6 heteroatoms. The summed E-state index contributed by atoms with van der Waals surface area (Å²) in [6, 6.07) is 9.77. The Morgan fingerprint density at radius 3 is 2.73 bits per heavy atom. The lowest BCUT2D eigenvalue weighted by Crippen LogP contribution is -2.35. The third-order valence-corrected chi connectivity index (χ3v) is 3.65. The van der Waals surface area contributed by atoms with E-state index in [4.69, 9.17) is 16.3 Å². The summed E-state index contributed by atoms with van der Waals surface area (Å²) in [6.07, 6.45) is 0. The monoisotopic (exact) mass is 321 g/mol. The van der Waals surface area contributed by atoms with E-state index in [1.54, 1.807) is 18.7 Å². The van der Waals surface area contributed by atoms with E-state index in [1.165, 1.54) is 0 Å². The molecule has 0 aliphatic carbocycles. The van der Waals surface area contributed by atoms with Crippen molar-refractivity contribution in [2.24, 2.45) is 0 Å². The zero-order valence-corrected chi connectivity index (χ0v) is 13.7. The first-order valence-electron chi connectivity index (χ1n) is 7.09. The van der Waals surface area contributed by atoms with Gasteiger partial charge in [-0.05, 0) is 19.4 Å². The van der Waals surface area contributed by atoms with Gasteiger partial charge in [0, 0.05) is 13.2 Å². The summed E-state index contributed by atoms with van der Waals surface area (Å²) >= 11 is 6.34. The van der Waals surface area contributed by atoms with Crippen LogP contribution in [0.3, 0.4) is 0 Å². The van der Waals surface area contributed by atoms with Crippen LogP contribution in [-0.4, -0.2) is 35.4 Å². The van der Waals surface area contributed by atoms with Crippen LogP contribution in [0.1, 0.15) is 28.5 Å². The van der Waals surface area contributed by atoms with Crippen molar-refractivity contribution in [2.45, 2.75) is 26.4 Å². The second-order valence-corrected chi connectivity index (χ2v) is 5.58. The summed E-state index contributed by atoms with van der Waals surface area (Å²) in [5.41, 5.74) is 2.11. The molecule has 2 aromatic rings. The molecule has 1 atom stereocenters. The standard InChI is InChI=1S/C16H20ClN3O2/c1-11(10-22-3)18-16(21)14-12(2)19-20(15(14)17)9-13-7-5-4-6-8-13/h4-8,11H,9-10H2,1-3H3,(H,18,21). The minimum Gasteiger partial charge on any atom is -0.383 e. The summed E-state index contributed by atoms with van der Waals surface area (Å²) in [6.45, 7) is 4.63. The van der Waals surface area contributed by atoms with Gasteiger partial charge in [0.05, 0.1) is 24.4 Å². The van der Waals surface area contributed by atoms with E-state index in [0.29, 0.717) is 29.6 Å². The highest BCUT2D eigenvalue weighted by Crippen LogP contribution is 2.21. The van der Waals surface area contributed by atoms with Crippen molar-refractivity contribution in [2.75, 3.05) is 13.7 Å². The van der Waals surface area contributed by atoms with Gasteiger partial charge in [-0.15, -0.1) is 0 Å². The maximum atomic E-state index is 12.3. The molecule has 2 rings (SSSR count). The molecule has 1 N–H and O–H groups in total. The molecule has 0 aliphatic rings. The Balaban J connectivity index is 2.18. The molecule has 0 fully saturated rings. The highest BCUT2D eigenvalue weighted by Gasteiger charge is 2.21. The van der Waals surface area contributed by atoms with E-state index in [0.717, 1.165) is 5.56 Å². The molecule has 1 heterocycles. The largest absolute Gasteiger partial charge is 0.383 e. The number of benzene rings is 1. The van der Waals surface area contributed by atoms with Crippen LogP contribution in [0.15, 0.2) is 30.3 Å². The fourth-order valence-electron chi connectivity index (χ4n) is 2.26. The molecule has 118 valence electrons. The Morgan fingerprint density at radius 2 is 2.09 bits per heavy atom. The van der Waals surface area contributed by atoms with Crippen molar-refractivity contribution in [3.63, 3.8) is 0 Å². The van der Waals surface area contributed by atoms with Crippen molar-refractivity contribution in [1.29, 1.82) is 0 Å². The van der Waals surface area contributed by atoms with Crippen molar-refractivity contribution < 1.29 is 9.53 Å². The van der Waals surface area contributed by atoms with Gasteiger partial charge in [-0.1, -0.05) is 41.9 Å². The summed E-state index contributed by atoms with van der Waals surface area (Å²) in [7, 11) is 1.60. The Hall–Kier alpha value is -1.85. The number of carbonyl (C=O) groups excluding carboxylic acids is 1. The molecule has 1 amide bonds. The lowest BCUT2D eigenvalue weighted by molar-refractivity contribution is 0.0905. The van der Waals surface area contributed by atoms with E-state index in [1.807, 2.05) is 37.3 Å². The van der Waals surface area contributed by atoms with Crippen LogP contribution in [0.25, 0.3) is 0 Å². The minimum atomic E-state index is -0.230. The zero-order valence-electron chi connectivity index (χ0n) is 13.0. The van der Waals surface area contributed by atoms with Crippen molar-refractivity contribution in [1.82, 2.24) is 15.1 Å². The van der Waals surface area contributed by atoms with Crippen LogP contribution in [-0.2, 0) is 11.3 Å². The van der Waals surface area contributed by atoms with Gasteiger partial charge < -0.3 is 10.1 Å². The molecule has 0 aliphatic heterocycles. The number of aryl methyl sites for hydroxylation is 1. The number of carbonyl (C=O) groups is 1. The highest BCUT2D eigenvalue weighted by molar-refractivity contribution is 6.33. The number of methoxy groups -OCH3 is 1. The van der Waals surface area contributed by atoms with Gasteiger partial charge in [-0.3, -0.25) is 4.79 Å². The minimum absolute atomic E-state index is 0.0922. The number of ether oxygens (including phenoxy) is 1. The van der Waals surface area contributed by atoms with Crippen LogP contribution in [0.2, 0.25) is 5.15 Å². The summed E-state index contributed by atoms with van der Waals surface area (Å²) in [5.74, 6) is -0.230. The second kappa shape index (κ2) is 7.42. The predicted molar refractivity (Wildman–Crippen MR) is 86.3 cm³/mol. The molecule has 0 bridgehead atoms. The number of halogens is 1. The second-order valence-electron chi connectivity index (χ2n) is 5.22. The topological polar surface area (TPSA) is 56.1 Å². The van der Waals surface area contributed by atoms with E-state index in [2.05, 4.69) is 10.4 Å². The fourth-order valence-corrected chi connectivity index (χ4v) is 2.58. The Kier molecular flexibility index (Phi) is 5.57. The van der Waals surface area contributed by atoms with Crippen molar-refractivity contribution in [3.8, 4) is 0 Å². The summed E-state index contributed by atoms with van der Waals surface area (Å²) < 4.78 is 6.66. The first kappa shape index (κ1) is 16.5. The highest BCUT2D eigenvalue weighted by atomic mass is 35.5. The van der Waals surface area contributed by atoms with E-state index in [-0.39, 0.29) is 11.9 Å². The number of aromatic nitrogens is 2. The first-order valence-corrected chi connectivity index (χ1v) is 7.47. The molecular weight excluding hydrogens is 302 g/mol. The number of rotatable bonds is 6. The maximum Gasteiger partial charge on any atom is 0.256 e. The Morgan fingerprint density at radius 1 is 1.41 bits per heavy atom. The van der Waals surface area contributed by atoms with Gasteiger partial charge >= 0.3 is 0 Å². The molecular formula is C16H20ClN3O2. The normalized spacial score (nSPS) is 12.2. The fraction of sp³-hybridized carbons (Fsp3) is 0.375. The number of amides is 1. The molecule has 5 nitrogen and oxygen atoms in total. The number of nitrogens with one attached hydrogen (secondary N) is 1. The Labute approximate surface area is 135 Å². The van der Waals surface area contributed by atoms with Crippen molar-refractivity contribution >= 4 is 17.5 Å². The smallest absolute Gasteiger partial charge is 0.256 e.